The lowest BCUT2D eigenvalue weighted by Crippen LogP contribution is -2.70. The fraction of sp³-hybridized carbons (Fsp3) is 0.727. The van der Waals surface area contributed by atoms with Crippen LogP contribution in [0.15, 0.2) is 35.8 Å². The molecule has 0 bridgehead atoms. The van der Waals surface area contributed by atoms with Gasteiger partial charge in [-0.2, -0.15) is 0 Å². The molecular weight excluding hydrogens is 422 g/mol. The maximum absolute atomic E-state index is 6.39. The van der Waals surface area contributed by atoms with E-state index in [4.69, 9.17) is 8.85 Å². The molecule has 2 aliphatic heterocycles. The van der Waals surface area contributed by atoms with Crippen LogP contribution in [0.1, 0.15) is 32.6 Å². The summed E-state index contributed by atoms with van der Waals surface area (Å²) in [6, 6.07) is 3.58. The van der Waals surface area contributed by atoms with Crippen LogP contribution in [0.4, 0.5) is 0 Å². The first-order valence-electron chi connectivity index (χ1n) is 11.5. The minimum absolute atomic E-state index is 1.08. The van der Waals surface area contributed by atoms with Gasteiger partial charge in [0.2, 0.25) is 0 Å². The molecule has 0 aromatic rings. The highest BCUT2D eigenvalue weighted by atomic mass is 29.3. The molecule has 0 saturated carbocycles. The summed E-state index contributed by atoms with van der Waals surface area (Å²) in [5.74, 6) is 0. The van der Waals surface area contributed by atoms with Crippen molar-refractivity contribution in [1.29, 1.82) is 0 Å². The van der Waals surface area contributed by atoms with Gasteiger partial charge in [-0.05, 0) is 70.9 Å². The van der Waals surface area contributed by atoms with Crippen LogP contribution in [0, 0.1) is 0 Å². The van der Waals surface area contributed by atoms with Gasteiger partial charge >= 0.3 is 8.08 Å². The summed E-state index contributed by atoms with van der Waals surface area (Å²) in [6.45, 7) is 4.45. The highest BCUT2D eigenvalue weighted by molar-refractivity contribution is 7.40. The first kappa shape index (κ1) is 32.4. The smallest absolute Gasteiger partial charge is 0.323 e. The largest absolute Gasteiger partial charge is 0.400 e. The molecule has 184 valence electrons. The number of unbranched alkanes of at least 4 members (excludes halogenated alkanes) is 2. The van der Waals surface area contributed by atoms with Gasteiger partial charge in [0.1, 0.15) is 0 Å². The van der Waals surface area contributed by atoms with Crippen LogP contribution in [-0.2, 0) is 8.85 Å². The van der Waals surface area contributed by atoms with Gasteiger partial charge in [0.25, 0.3) is 0 Å². The molecule has 0 spiro atoms. The molecule has 7 N–H and O–H groups in total. The molecule has 7 nitrogen and oxygen atoms in total. The van der Waals surface area contributed by atoms with Gasteiger partial charge in [-0.15, -0.1) is 0 Å². The second kappa shape index (κ2) is 19.9. The van der Waals surface area contributed by atoms with Crippen molar-refractivity contribution >= 4 is 15.7 Å². The Kier molecular flexibility index (Phi) is 20.8. The molecule has 1 fully saturated rings. The van der Waals surface area contributed by atoms with Crippen molar-refractivity contribution in [3.05, 3.63) is 35.8 Å². The fourth-order valence-corrected chi connectivity index (χ4v) is 21.0. The third kappa shape index (κ3) is 8.93. The Balaban J connectivity index is 0. The summed E-state index contributed by atoms with van der Waals surface area (Å²) < 4.78 is 12.8. The first-order valence-corrected chi connectivity index (χ1v) is 16.9. The second-order valence-electron chi connectivity index (χ2n) is 7.19. The Labute approximate surface area is 194 Å². The lowest BCUT2D eigenvalue weighted by Gasteiger charge is -2.48. The zero-order valence-electron chi connectivity index (χ0n) is 21.2. The van der Waals surface area contributed by atoms with Gasteiger partial charge in [0, 0.05) is 32.8 Å². The average Bonchev–Trinajstić information content (AvgIpc) is 3.05. The van der Waals surface area contributed by atoms with Crippen molar-refractivity contribution < 1.29 is 8.85 Å². The summed E-state index contributed by atoms with van der Waals surface area (Å²) in [4.78, 5) is 2.35. The second-order valence-corrected chi connectivity index (χ2v) is 18.8. The predicted molar refractivity (Wildman–Crippen MR) is 141 cm³/mol. The van der Waals surface area contributed by atoms with Crippen LogP contribution in [0.5, 0.6) is 0 Å². The molecule has 0 aromatic carbocycles. The summed E-state index contributed by atoms with van der Waals surface area (Å²) in [7, 11) is 6.29. The van der Waals surface area contributed by atoms with Crippen LogP contribution in [0.25, 0.3) is 0 Å². The third-order valence-electron chi connectivity index (χ3n) is 5.84. The van der Waals surface area contributed by atoms with E-state index < -0.39 is 15.7 Å². The van der Waals surface area contributed by atoms with Crippen LogP contribution in [0.2, 0.25) is 18.1 Å². The molecule has 2 aliphatic rings. The van der Waals surface area contributed by atoms with Gasteiger partial charge in [-0.1, -0.05) is 38.3 Å². The number of nitrogens with two attached hydrogens (primary N) is 3. The van der Waals surface area contributed by atoms with Gasteiger partial charge in [0.15, 0.2) is 7.59 Å². The van der Waals surface area contributed by atoms with E-state index in [9.17, 15) is 0 Å². The lowest BCUT2D eigenvalue weighted by molar-refractivity contribution is 0.258. The summed E-state index contributed by atoms with van der Waals surface area (Å²) in [6.07, 6.45) is 16.0. The zero-order chi connectivity index (χ0) is 24.2. The summed E-state index contributed by atoms with van der Waals surface area (Å²) in [5, 5.41) is 5.15. The van der Waals surface area contributed by atoms with Gasteiger partial charge in [-0.25, -0.2) is 0 Å². The molecule has 1 atom stereocenters. The van der Waals surface area contributed by atoms with Crippen LogP contribution < -0.4 is 22.5 Å². The average molecular weight is 474 g/mol. The van der Waals surface area contributed by atoms with Crippen molar-refractivity contribution in [2.45, 2.75) is 50.7 Å². The Hall–Kier alpha value is -0.786. The molecule has 0 aliphatic carbocycles. The van der Waals surface area contributed by atoms with Crippen LogP contribution >= 0.6 is 0 Å². The Bertz CT molecular complexity index is 514. The number of hydrogen-bond acceptors (Lipinski definition) is 7. The molecular formula is C22H51N5O2Si2. The normalized spacial score (nSPS) is 22.1. The molecule has 2 heterocycles. The summed E-state index contributed by atoms with van der Waals surface area (Å²) >= 11 is 0. The van der Waals surface area contributed by atoms with Gasteiger partial charge in [-0.3, -0.25) is 0 Å². The number of nitrogens with one attached hydrogen (secondary N) is 1. The molecule has 31 heavy (non-hydrogen) atoms. The number of hydrogen-bond donors (Lipinski definition) is 4. The van der Waals surface area contributed by atoms with E-state index in [0.29, 0.717) is 0 Å². The first-order chi connectivity index (χ1) is 15.2. The van der Waals surface area contributed by atoms with E-state index >= 15 is 0 Å². The van der Waals surface area contributed by atoms with E-state index in [1.807, 2.05) is 14.2 Å². The quantitative estimate of drug-likeness (QED) is 0.332. The van der Waals surface area contributed by atoms with Crippen LogP contribution in [-0.4, -0.2) is 76.1 Å². The van der Waals surface area contributed by atoms with Gasteiger partial charge in [0.05, 0.1) is 0 Å². The van der Waals surface area contributed by atoms with Crippen molar-refractivity contribution in [3.8, 4) is 0 Å². The minimum atomic E-state index is -2.27. The topological polar surface area (TPSA) is 112 Å². The monoisotopic (exact) mass is 473 g/mol. The van der Waals surface area contributed by atoms with E-state index in [1.54, 1.807) is 0 Å². The van der Waals surface area contributed by atoms with Crippen LogP contribution in [0.3, 0.4) is 0 Å². The molecule has 1 saturated heterocycles. The van der Waals surface area contributed by atoms with Crippen molar-refractivity contribution in [2.24, 2.45) is 17.2 Å². The minimum Gasteiger partial charge on any atom is -0.400 e. The SMILES string of the molecule is CCCCC[Si]1(C2=CC=CC=CN2C)CCNCCC[Si]1(OC)OC.CN.CN.CN. The molecule has 0 aromatic heterocycles. The van der Waals surface area contributed by atoms with E-state index in [-0.39, 0.29) is 0 Å². The van der Waals surface area contributed by atoms with E-state index in [0.717, 1.165) is 25.6 Å². The Morgan fingerprint density at radius 2 is 1.58 bits per heavy atom. The van der Waals surface area contributed by atoms with Crippen molar-refractivity contribution in [1.82, 2.24) is 10.2 Å². The third-order valence-corrected chi connectivity index (χ3v) is 22.1. The van der Waals surface area contributed by atoms with Gasteiger partial charge < -0.3 is 36.3 Å². The van der Waals surface area contributed by atoms with Crippen molar-refractivity contribution in [3.63, 3.8) is 0 Å². The lowest BCUT2D eigenvalue weighted by atomic mass is 10.3. The maximum Gasteiger partial charge on any atom is 0.323 e. The molecule has 2 rings (SSSR count). The maximum atomic E-state index is 6.39. The molecule has 1 unspecified atom stereocenters. The summed E-state index contributed by atoms with van der Waals surface area (Å²) in [5.41, 5.74) is 13.5. The standard InChI is InChI=1S/C19H36N2O2Si2.3CH5N/c1-5-6-10-16-24(19-12-8-7-9-15-21(19)2)18-14-20-13-11-17-25(24,22-3)23-4;3*1-2/h7-9,12,15,20H,5-6,10-11,13-14,16-18H2,1-4H3;3*2H2,1H3. The highest BCUT2D eigenvalue weighted by Crippen LogP contribution is 2.41. The van der Waals surface area contributed by atoms with E-state index in [2.05, 4.69) is 71.9 Å². The Morgan fingerprint density at radius 3 is 2.16 bits per heavy atom. The Morgan fingerprint density at radius 1 is 0.935 bits per heavy atom. The molecule has 0 amide bonds. The predicted octanol–water partition coefficient (Wildman–Crippen LogP) is 2.60. The fourth-order valence-electron chi connectivity index (χ4n) is 4.51. The zero-order valence-corrected chi connectivity index (χ0v) is 23.2. The molecule has 0 radical (unpaired) electrons. The molecule has 9 heteroatoms. The number of nitrogens with zero attached hydrogens (tertiary/aromatic N) is 1. The number of allylic oxidation sites excluding steroid dienone is 4. The number of rotatable bonds is 7. The highest BCUT2D eigenvalue weighted by Gasteiger charge is 2.60. The van der Waals surface area contributed by atoms with Crippen molar-refractivity contribution in [2.75, 3.05) is 55.5 Å². The van der Waals surface area contributed by atoms with E-state index in [1.165, 1.54) is 57.8 Å².